The summed E-state index contributed by atoms with van der Waals surface area (Å²) in [5.74, 6) is -0.564. The third-order valence-electron chi connectivity index (χ3n) is 5.52. The predicted octanol–water partition coefficient (Wildman–Crippen LogP) is 5.28. The number of allylic oxidation sites excluding steroid dienone is 1. The summed E-state index contributed by atoms with van der Waals surface area (Å²) >= 11 is 0. The van der Waals surface area contributed by atoms with Crippen LogP contribution in [0.25, 0.3) is 0 Å². The van der Waals surface area contributed by atoms with Crippen LogP contribution < -0.4 is 0 Å². The zero-order valence-corrected chi connectivity index (χ0v) is 16.5. The molecule has 2 N–H and O–H groups in total. The van der Waals surface area contributed by atoms with E-state index in [9.17, 15) is 14.7 Å². The summed E-state index contributed by atoms with van der Waals surface area (Å²) in [5, 5.41) is 19.1. The number of carboxylic acid groups (broad SMARTS) is 1. The lowest BCUT2D eigenvalue weighted by Crippen LogP contribution is -2.27. The van der Waals surface area contributed by atoms with Crippen LogP contribution in [0.5, 0.6) is 0 Å². The maximum Gasteiger partial charge on any atom is 0.303 e. The quantitative estimate of drug-likeness (QED) is 0.364. The summed E-state index contributed by atoms with van der Waals surface area (Å²) in [6.07, 6.45) is 17.0. The zero-order valence-electron chi connectivity index (χ0n) is 16.5. The maximum atomic E-state index is 12.1. The molecule has 26 heavy (non-hydrogen) atoms. The van der Waals surface area contributed by atoms with Crippen LogP contribution in [0.1, 0.15) is 96.8 Å². The summed E-state index contributed by atoms with van der Waals surface area (Å²) < 4.78 is 0. The molecule has 1 rings (SSSR count). The van der Waals surface area contributed by atoms with Gasteiger partial charge in [-0.3, -0.25) is 9.59 Å². The topological polar surface area (TPSA) is 74.6 Å². The Labute approximate surface area is 159 Å². The molecule has 0 aromatic rings. The van der Waals surface area contributed by atoms with Gasteiger partial charge in [0.05, 0.1) is 6.10 Å². The lowest BCUT2D eigenvalue weighted by molar-refractivity contribution is -0.137. The highest BCUT2D eigenvalue weighted by Crippen LogP contribution is 2.32. The number of carboxylic acids is 1. The normalized spacial score (nSPS) is 20.6. The summed E-state index contributed by atoms with van der Waals surface area (Å²) in [4.78, 5) is 22.6. The molecule has 0 amide bonds. The third-order valence-corrected chi connectivity index (χ3v) is 5.52. The van der Waals surface area contributed by atoms with Crippen molar-refractivity contribution in [3.63, 3.8) is 0 Å². The first-order valence-corrected chi connectivity index (χ1v) is 10.7. The molecule has 150 valence electrons. The van der Waals surface area contributed by atoms with Crippen LogP contribution in [-0.2, 0) is 9.59 Å². The fourth-order valence-corrected chi connectivity index (χ4v) is 3.88. The van der Waals surface area contributed by atoms with Crippen LogP contribution in [0, 0.1) is 11.8 Å². The molecule has 4 nitrogen and oxygen atoms in total. The molecule has 0 saturated carbocycles. The Kier molecular flexibility index (Phi) is 12.3. The molecular formula is C22H38O4. The van der Waals surface area contributed by atoms with Gasteiger partial charge < -0.3 is 10.2 Å². The second-order valence-electron chi connectivity index (χ2n) is 7.77. The largest absolute Gasteiger partial charge is 0.481 e. The van der Waals surface area contributed by atoms with Crippen LogP contribution in [0.15, 0.2) is 12.2 Å². The van der Waals surface area contributed by atoms with Gasteiger partial charge in [0.25, 0.3) is 0 Å². The SMILES string of the molecule is CCCCCCCC(O)C1C=CC(=O)C1CCCCCCCCC(=O)O. The van der Waals surface area contributed by atoms with Gasteiger partial charge in [0.2, 0.25) is 0 Å². The number of aliphatic hydroxyl groups is 1. The van der Waals surface area contributed by atoms with Crippen molar-refractivity contribution >= 4 is 11.8 Å². The Bertz CT molecular complexity index is 430. The first kappa shape index (κ1) is 22.9. The first-order chi connectivity index (χ1) is 12.6. The third kappa shape index (κ3) is 9.51. The van der Waals surface area contributed by atoms with E-state index in [0.29, 0.717) is 0 Å². The molecule has 3 unspecified atom stereocenters. The first-order valence-electron chi connectivity index (χ1n) is 10.7. The fourth-order valence-electron chi connectivity index (χ4n) is 3.88. The van der Waals surface area contributed by atoms with Crippen molar-refractivity contribution in [2.75, 3.05) is 0 Å². The van der Waals surface area contributed by atoms with Crippen LogP contribution >= 0.6 is 0 Å². The molecule has 0 aromatic carbocycles. The number of rotatable bonds is 16. The van der Waals surface area contributed by atoms with Gasteiger partial charge in [-0.05, 0) is 25.3 Å². The molecule has 1 aliphatic carbocycles. The molecule has 0 aliphatic heterocycles. The van der Waals surface area contributed by atoms with Crippen molar-refractivity contribution in [3.8, 4) is 0 Å². The molecule has 0 spiro atoms. The Morgan fingerprint density at radius 1 is 1.00 bits per heavy atom. The van der Waals surface area contributed by atoms with Gasteiger partial charge in [-0.15, -0.1) is 0 Å². The zero-order chi connectivity index (χ0) is 19.2. The van der Waals surface area contributed by atoms with Gasteiger partial charge in [0, 0.05) is 18.3 Å². The van der Waals surface area contributed by atoms with Crippen molar-refractivity contribution in [1.29, 1.82) is 0 Å². The van der Waals surface area contributed by atoms with Gasteiger partial charge in [-0.25, -0.2) is 0 Å². The minimum absolute atomic E-state index is 0.00393. The van der Waals surface area contributed by atoms with Gasteiger partial charge in [0.1, 0.15) is 0 Å². The van der Waals surface area contributed by atoms with E-state index < -0.39 is 5.97 Å². The average molecular weight is 367 g/mol. The van der Waals surface area contributed by atoms with Crippen LogP contribution in [0.4, 0.5) is 0 Å². The molecule has 0 heterocycles. The predicted molar refractivity (Wildman–Crippen MR) is 105 cm³/mol. The lowest BCUT2D eigenvalue weighted by Gasteiger charge is -2.23. The monoisotopic (exact) mass is 366 g/mol. The number of carbonyl (C=O) groups excluding carboxylic acids is 1. The fraction of sp³-hybridized carbons (Fsp3) is 0.818. The number of aliphatic hydroxyl groups excluding tert-OH is 1. The van der Waals surface area contributed by atoms with E-state index in [0.717, 1.165) is 57.8 Å². The summed E-state index contributed by atoms with van der Waals surface area (Å²) in [6, 6.07) is 0. The number of carbonyl (C=O) groups is 2. The smallest absolute Gasteiger partial charge is 0.303 e. The van der Waals surface area contributed by atoms with Crippen LogP contribution in [0.2, 0.25) is 0 Å². The van der Waals surface area contributed by atoms with Crippen LogP contribution in [-0.4, -0.2) is 28.1 Å². The highest BCUT2D eigenvalue weighted by atomic mass is 16.4. The van der Waals surface area contributed by atoms with E-state index >= 15 is 0 Å². The lowest BCUT2D eigenvalue weighted by atomic mass is 9.84. The molecule has 4 heteroatoms. The van der Waals surface area contributed by atoms with Gasteiger partial charge in [-0.1, -0.05) is 77.2 Å². The number of hydrogen-bond donors (Lipinski definition) is 2. The van der Waals surface area contributed by atoms with E-state index in [2.05, 4.69) is 6.92 Å². The van der Waals surface area contributed by atoms with Crippen molar-refractivity contribution in [2.45, 2.75) is 103 Å². The van der Waals surface area contributed by atoms with E-state index in [4.69, 9.17) is 5.11 Å². The summed E-state index contributed by atoms with van der Waals surface area (Å²) in [7, 11) is 0. The maximum absolute atomic E-state index is 12.1. The minimum Gasteiger partial charge on any atom is -0.481 e. The van der Waals surface area contributed by atoms with Gasteiger partial charge >= 0.3 is 5.97 Å². The molecule has 0 aromatic heterocycles. The molecular weight excluding hydrogens is 328 g/mol. The van der Waals surface area contributed by atoms with E-state index in [1.165, 1.54) is 25.7 Å². The van der Waals surface area contributed by atoms with E-state index in [1.54, 1.807) is 6.08 Å². The van der Waals surface area contributed by atoms with Crippen molar-refractivity contribution in [3.05, 3.63) is 12.2 Å². The van der Waals surface area contributed by atoms with Crippen molar-refractivity contribution in [1.82, 2.24) is 0 Å². The highest BCUT2D eigenvalue weighted by molar-refractivity contribution is 5.94. The molecule has 3 atom stereocenters. The average Bonchev–Trinajstić information content (AvgIpc) is 2.97. The number of unbranched alkanes of at least 4 members (excludes halogenated alkanes) is 9. The Hall–Kier alpha value is -1.16. The van der Waals surface area contributed by atoms with E-state index in [1.807, 2.05) is 6.08 Å². The Balaban J connectivity index is 2.16. The second kappa shape index (κ2) is 14.0. The second-order valence-corrected chi connectivity index (χ2v) is 7.77. The Morgan fingerprint density at radius 3 is 2.31 bits per heavy atom. The molecule has 0 fully saturated rings. The van der Waals surface area contributed by atoms with Gasteiger partial charge in [0.15, 0.2) is 5.78 Å². The number of ketones is 1. The summed E-state index contributed by atoms with van der Waals surface area (Å²) in [6.45, 7) is 2.20. The van der Waals surface area contributed by atoms with E-state index in [-0.39, 0.29) is 30.1 Å². The van der Waals surface area contributed by atoms with Crippen LogP contribution in [0.3, 0.4) is 0 Å². The number of hydrogen-bond acceptors (Lipinski definition) is 3. The summed E-state index contributed by atoms with van der Waals surface area (Å²) in [5.41, 5.74) is 0. The standard InChI is InChI=1S/C22H38O4/c1-2-3-4-7-11-14-20(23)19-16-17-21(24)18(19)13-10-8-5-6-9-12-15-22(25)26/h16-20,23H,2-15H2,1H3,(H,25,26). The van der Waals surface area contributed by atoms with Crippen molar-refractivity contribution in [2.24, 2.45) is 11.8 Å². The molecule has 1 aliphatic rings. The number of aliphatic carboxylic acids is 1. The van der Waals surface area contributed by atoms with Gasteiger partial charge in [-0.2, -0.15) is 0 Å². The van der Waals surface area contributed by atoms with Crippen molar-refractivity contribution < 1.29 is 19.8 Å². The Morgan fingerprint density at radius 2 is 1.62 bits per heavy atom. The molecule has 0 bridgehead atoms. The highest BCUT2D eigenvalue weighted by Gasteiger charge is 2.33. The minimum atomic E-state index is -0.716. The molecule has 0 radical (unpaired) electrons. The molecule has 0 saturated heterocycles.